The maximum absolute atomic E-state index is 12.3. The number of carbonyl (C=O) groups excluding carboxylic acids is 1. The van der Waals surface area contributed by atoms with Crippen molar-refractivity contribution < 1.29 is 13.2 Å². The second-order valence-electron chi connectivity index (χ2n) is 6.45. The molecular formula is C15H24N2O3S2. The molecule has 7 heteroatoms. The van der Waals surface area contributed by atoms with Gasteiger partial charge in [-0.2, -0.15) is 0 Å². The lowest BCUT2D eigenvalue weighted by atomic mass is 10.1. The van der Waals surface area contributed by atoms with Gasteiger partial charge in [-0.3, -0.25) is 0 Å². The van der Waals surface area contributed by atoms with Crippen molar-refractivity contribution in [2.45, 2.75) is 44.4 Å². The molecule has 0 unspecified atom stereocenters. The lowest BCUT2D eigenvalue weighted by Gasteiger charge is -2.24. The van der Waals surface area contributed by atoms with Gasteiger partial charge in [-0.1, -0.05) is 6.07 Å². The number of urea groups is 1. The summed E-state index contributed by atoms with van der Waals surface area (Å²) in [4.78, 5) is 15.2. The van der Waals surface area contributed by atoms with Crippen LogP contribution in [0.5, 0.6) is 0 Å². The molecule has 0 aromatic carbocycles. The summed E-state index contributed by atoms with van der Waals surface area (Å²) in [6.07, 6.45) is 1.27. The molecule has 0 radical (unpaired) electrons. The van der Waals surface area contributed by atoms with E-state index in [9.17, 15) is 13.2 Å². The first-order valence-corrected chi connectivity index (χ1v) is 10.0. The summed E-state index contributed by atoms with van der Waals surface area (Å²) in [6, 6.07) is 3.90. The first-order chi connectivity index (χ1) is 10.2. The molecule has 0 aliphatic carbocycles. The average molecular weight is 345 g/mol. The van der Waals surface area contributed by atoms with E-state index in [-0.39, 0.29) is 24.4 Å². The molecule has 1 aliphatic rings. The number of sulfone groups is 1. The van der Waals surface area contributed by atoms with Crippen molar-refractivity contribution in [2.75, 3.05) is 18.8 Å². The molecule has 2 amide bonds. The maximum atomic E-state index is 12.3. The number of nitrogens with one attached hydrogen (secondary N) is 1. The van der Waals surface area contributed by atoms with Crippen molar-refractivity contribution in [3.05, 3.63) is 22.4 Å². The van der Waals surface area contributed by atoms with Gasteiger partial charge in [-0.25, -0.2) is 13.2 Å². The highest BCUT2D eigenvalue weighted by Crippen LogP contribution is 2.25. The summed E-state index contributed by atoms with van der Waals surface area (Å²) in [5, 5.41) is 4.99. The van der Waals surface area contributed by atoms with Gasteiger partial charge < -0.3 is 10.2 Å². The van der Waals surface area contributed by atoms with E-state index in [0.717, 1.165) is 6.42 Å². The fourth-order valence-electron chi connectivity index (χ4n) is 2.46. The van der Waals surface area contributed by atoms with Crippen LogP contribution in [0.15, 0.2) is 17.5 Å². The average Bonchev–Trinajstić information content (AvgIpc) is 2.86. The quantitative estimate of drug-likeness (QED) is 0.915. The fraction of sp³-hybridized carbons (Fsp3) is 0.667. The molecule has 2 heterocycles. The summed E-state index contributed by atoms with van der Waals surface area (Å²) >= 11 is 1.67. The Kier molecular flexibility index (Phi) is 5.17. The Morgan fingerprint density at radius 2 is 2.18 bits per heavy atom. The van der Waals surface area contributed by atoms with E-state index in [1.54, 1.807) is 30.1 Å². The summed E-state index contributed by atoms with van der Waals surface area (Å²) in [6.45, 7) is 6.19. The minimum Gasteiger partial charge on any atom is -0.335 e. The van der Waals surface area contributed by atoms with Gasteiger partial charge in [0, 0.05) is 30.4 Å². The molecule has 124 valence electrons. The Balaban J connectivity index is 1.93. The molecule has 5 nitrogen and oxygen atoms in total. The van der Waals surface area contributed by atoms with Crippen molar-refractivity contribution in [1.82, 2.24) is 10.2 Å². The SMILES string of the molecule is C[C@@H](Cc1cccs1)NC(=O)N1CCC(C)(C)S(=O)(=O)CC1. The minimum absolute atomic E-state index is 0.0269. The standard InChI is InChI=1S/C15H24N2O3S2/c1-12(11-13-5-4-9-21-13)16-14(18)17-7-6-15(2,3)22(19,20)10-8-17/h4-5,9,12H,6-8,10-11H2,1-3H3,(H,16,18)/t12-/m0/s1. The lowest BCUT2D eigenvalue weighted by Crippen LogP contribution is -2.45. The highest BCUT2D eigenvalue weighted by molar-refractivity contribution is 7.92. The van der Waals surface area contributed by atoms with Gasteiger partial charge in [-0.15, -0.1) is 11.3 Å². The summed E-state index contributed by atoms with van der Waals surface area (Å²) in [7, 11) is -3.15. The topological polar surface area (TPSA) is 66.5 Å². The molecule has 1 aliphatic heterocycles. The Morgan fingerprint density at radius 3 is 2.82 bits per heavy atom. The molecule has 0 spiro atoms. The van der Waals surface area contributed by atoms with Crippen LogP contribution in [0.4, 0.5) is 4.79 Å². The van der Waals surface area contributed by atoms with Gasteiger partial charge in [-0.05, 0) is 38.6 Å². The van der Waals surface area contributed by atoms with Gasteiger partial charge in [0.05, 0.1) is 10.5 Å². The van der Waals surface area contributed by atoms with Crippen LogP contribution >= 0.6 is 11.3 Å². The van der Waals surface area contributed by atoms with Crippen molar-refractivity contribution in [2.24, 2.45) is 0 Å². The molecule has 2 rings (SSSR count). The number of amides is 2. The van der Waals surface area contributed by atoms with E-state index in [1.165, 1.54) is 4.88 Å². The molecule has 1 N–H and O–H groups in total. The Morgan fingerprint density at radius 1 is 1.45 bits per heavy atom. The van der Waals surface area contributed by atoms with E-state index < -0.39 is 14.6 Å². The van der Waals surface area contributed by atoms with Gasteiger partial charge >= 0.3 is 6.03 Å². The fourth-order valence-corrected chi connectivity index (χ4v) is 4.72. The highest BCUT2D eigenvalue weighted by Gasteiger charge is 2.38. The van der Waals surface area contributed by atoms with Crippen LogP contribution in [0.25, 0.3) is 0 Å². The monoisotopic (exact) mass is 344 g/mol. The molecule has 0 saturated carbocycles. The number of carbonyl (C=O) groups is 1. The zero-order chi connectivity index (χ0) is 16.4. The predicted octanol–water partition coefficient (Wildman–Crippen LogP) is 2.29. The van der Waals surface area contributed by atoms with Gasteiger partial charge in [0.25, 0.3) is 0 Å². The number of thiophene rings is 1. The van der Waals surface area contributed by atoms with E-state index in [0.29, 0.717) is 13.0 Å². The smallest absolute Gasteiger partial charge is 0.317 e. The van der Waals surface area contributed by atoms with Gasteiger partial charge in [0.1, 0.15) is 0 Å². The number of nitrogens with zero attached hydrogens (tertiary/aromatic N) is 1. The van der Waals surface area contributed by atoms with Gasteiger partial charge in [0.2, 0.25) is 0 Å². The van der Waals surface area contributed by atoms with Crippen molar-refractivity contribution in [3.63, 3.8) is 0 Å². The third kappa shape index (κ3) is 4.01. The maximum Gasteiger partial charge on any atom is 0.317 e. The summed E-state index contributed by atoms with van der Waals surface area (Å²) < 4.78 is 23.6. The largest absolute Gasteiger partial charge is 0.335 e. The van der Waals surface area contributed by atoms with Crippen LogP contribution < -0.4 is 5.32 Å². The Bertz CT molecular complexity index is 609. The van der Waals surface area contributed by atoms with Crippen molar-refractivity contribution in [3.8, 4) is 0 Å². The van der Waals surface area contributed by atoms with Crippen LogP contribution in [-0.2, 0) is 16.3 Å². The molecule has 0 bridgehead atoms. The second-order valence-corrected chi connectivity index (χ2v) is 10.2. The zero-order valence-corrected chi connectivity index (χ0v) is 15.0. The highest BCUT2D eigenvalue weighted by atomic mass is 32.2. The third-order valence-electron chi connectivity index (χ3n) is 4.20. The molecule has 1 aromatic heterocycles. The van der Waals surface area contributed by atoms with E-state index >= 15 is 0 Å². The summed E-state index contributed by atoms with van der Waals surface area (Å²) in [5.41, 5.74) is 0. The normalized spacial score (nSPS) is 21.9. The number of hydrogen-bond acceptors (Lipinski definition) is 4. The first kappa shape index (κ1) is 17.3. The zero-order valence-electron chi connectivity index (χ0n) is 13.3. The minimum atomic E-state index is -3.15. The molecule has 1 saturated heterocycles. The summed E-state index contributed by atoms with van der Waals surface area (Å²) in [5.74, 6) is 0.0344. The van der Waals surface area contributed by atoms with Crippen LogP contribution in [0, 0.1) is 0 Å². The van der Waals surface area contributed by atoms with Crippen LogP contribution in [-0.4, -0.2) is 49.0 Å². The van der Waals surface area contributed by atoms with Gasteiger partial charge in [0.15, 0.2) is 9.84 Å². The van der Waals surface area contributed by atoms with Crippen molar-refractivity contribution >= 4 is 27.2 Å². The molecule has 1 aromatic rings. The molecule has 1 fully saturated rings. The molecular weight excluding hydrogens is 320 g/mol. The van der Waals surface area contributed by atoms with E-state index in [4.69, 9.17) is 0 Å². The lowest BCUT2D eigenvalue weighted by molar-refractivity contribution is 0.197. The molecule has 1 atom stereocenters. The van der Waals surface area contributed by atoms with Crippen LogP contribution in [0.2, 0.25) is 0 Å². The van der Waals surface area contributed by atoms with Crippen molar-refractivity contribution in [1.29, 1.82) is 0 Å². The predicted molar refractivity (Wildman–Crippen MR) is 90.1 cm³/mol. The number of hydrogen-bond donors (Lipinski definition) is 1. The van der Waals surface area contributed by atoms with Crippen LogP contribution in [0.3, 0.4) is 0 Å². The first-order valence-electron chi connectivity index (χ1n) is 7.51. The number of rotatable bonds is 3. The van der Waals surface area contributed by atoms with E-state index in [2.05, 4.69) is 5.32 Å². The Hall–Kier alpha value is -1.08. The second kappa shape index (κ2) is 6.58. The van der Waals surface area contributed by atoms with E-state index in [1.807, 2.05) is 24.4 Å². The molecule has 22 heavy (non-hydrogen) atoms. The Labute approximate surface area is 136 Å². The van der Waals surface area contributed by atoms with Crippen LogP contribution in [0.1, 0.15) is 32.1 Å². The third-order valence-corrected chi connectivity index (χ3v) is 7.71.